The number of hydrogen-bond donors (Lipinski definition) is 0. The van der Waals surface area contributed by atoms with Crippen LogP contribution in [0.2, 0.25) is 0 Å². The number of nitrogens with zero attached hydrogens (tertiary/aromatic N) is 2. The smallest absolute Gasteiger partial charge is 0.316 e. The van der Waals surface area contributed by atoms with Crippen LogP contribution in [0.15, 0.2) is 60.9 Å². The maximum absolute atomic E-state index is 11.7. The van der Waals surface area contributed by atoms with Gasteiger partial charge < -0.3 is 13.6 Å². The van der Waals surface area contributed by atoms with Crippen LogP contribution in [0.25, 0.3) is 11.7 Å². The van der Waals surface area contributed by atoms with Gasteiger partial charge in [0.15, 0.2) is 12.4 Å². The molecule has 0 fully saturated rings. The number of ether oxygens (including phenoxy) is 1. The van der Waals surface area contributed by atoms with E-state index in [-0.39, 0.29) is 30.1 Å². The lowest BCUT2D eigenvalue weighted by Crippen LogP contribution is -2.07. The number of thioether (sulfide) groups is 1. The number of rotatable bonds is 6. The Bertz CT molecular complexity index is 771. The quantitative estimate of drug-likeness (QED) is 0.462. The Morgan fingerprint density at radius 3 is 2.78 bits per heavy atom. The number of hydrogen-bond acceptors (Lipinski definition) is 7. The minimum atomic E-state index is -0.351. The number of carbonyl (C=O) groups is 1. The molecule has 3 aromatic rings. The van der Waals surface area contributed by atoms with E-state index in [2.05, 4.69) is 26.1 Å². The summed E-state index contributed by atoms with van der Waals surface area (Å²) in [5.41, 5.74) is 0. The van der Waals surface area contributed by atoms with Gasteiger partial charge in [-0.2, -0.15) is 0 Å². The molecule has 0 atom stereocenters. The molecule has 0 unspecified atom stereocenters. The molecular formula is C15H11BrN2O4S. The fraction of sp³-hybridized carbons (Fsp3) is 0.133. The van der Waals surface area contributed by atoms with Crippen LogP contribution in [0.5, 0.6) is 0 Å². The summed E-state index contributed by atoms with van der Waals surface area (Å²) in [6.45, 7) is -0.0621. The zero-order chi connectivity index (χ0) is 16.1. The Labute approximate surface area is 144 Å². The van der Waals surface area contributed by atoms with Crippen molar-refractivity contribution in [3.05, 3.63) is 53.0 Å². The van der Waals surface area contributed by atoms with Gasteiger partial charge in [0, 0.05) is 9.37 Å². The standard InChI is InChI=1S/C15H11BrN2O4S/c16-10-3-5-11(6-4-10)23-9-14(19)21-8-13-17-18-15(22-13)12-2-1-7-20-12/h1-7H,8-9H2. The molecule has 0 aliphatic heterocycles. The number of carbonyl (C=O) groups excluding carboxylic acids is 1. The summed E-state index contributed by atoms with van der Waals surface area (Å²) in [5.74, 6) is 0.807. The lowest BCUT2D eigenvalue weighted by molar-refractivity contribution is -0.142. The molecule has 0 N–H and O–H groups in total. The normalized spacial score (nSPS) is 10.7. The zero-order valence-corrected chi connectivity index (χ0v) is 14.2. The fourth-order valence-electron chi connectivity index (χ4n) is 1.67. The van der Waals surface area contributed by atoms with E-state index in [0.29, 0.717) is 5.76 Å². The Morgan fingerprint density at radius 1 is 1.22 bits per heavy atom. The molecule has 2 heterocycles. The summed E-state index contributed by atoms with van der Waals surface area (Å²) in [7, 11) is 0. The first-order valence-corrected chi connectivity index (χ1v) is 8.39. The average molecular weight is 395 g/mol. The third-order valence-electron chi connectivity index (χ3n) is 2.73. The molecule has 23 heavy (non-hydrogen) atoms. The van der Waals surface area contributed by atoms with Crippen LogP contribution >= 0.6 is 27.7 Å². The predicted molar refractivity (Wildman–Crippen MR) is 86.7 cm³/mol. The van der Waals surface area contributed by atoms with Gasteiger partial charge in [-0.3, -0.25) is 4.79 Å². The molecule has 0 aliphatic rings. The highest BCUT2D eigenvalue weighted by atomic mass is 79.9. The topological polar surface area (TPSA) is 78.4 Å². The highest BCUT2D eigenvalue weighted by molar-refractivity contribution is 9.10. The van der Waals surface area contributed by atoms with Gasteiger partial charge in [0.2, 0.25) is 0 Å². The number of benzene rings is 1. The highest BCUT2D eigenvalue weighted by Crippen LogP contribution is 2.21. The summed E-state index contributed by atoms with van der Waals surface area (Å²) in [5, 5.41) is 7.63. The van der Waals surface area contributed by atoms with Crippen LogP contribution in [0.3, 0.4) is 0 Å². The van der Waals surface area contributed by atoms with Crippen LogP contribution in [0, 0.1) is 0 Å². The van der Waals surface area contributed by atoms with Crippen molar-refractivity contribution in [1.82, 2.24) is 10.2 Å². The van der Waals surface area contributed by atoms with Crippen LogP contribution in [0.1, 0.15) is 5.89 Å². The van der Waals surface area contributed by atoms with E-state index in [1.807, 2.05) is 24.3 Å². The second-order valence-corrected chi connectivity index (χ2v) is 6.35. The van der Waals surface area contributed by atoms with E-state index in [1.165, 1.54) is 18.0 Å². The number of furan rings is 1. The summed E-state index contributed by atoms with van der Waals surface area (Å²) in [6, 6.07) is 11.1. The third-order valence-corrected chi connectivity index (χ3v) is 4.24. The molecule has 0 saturated heterocycles. The molecule has 0 bridgehead atoms. The highest BCUT2D eigenvalue weighted by Gasteiger charge is 2.12. The molecule has 0 radical (unpaired) electrons. The molecule has 0 aliphatic carbocycles. The first-order chi connectivity index (χ1) is 11.2. The van der Waals surface area contributed by atoms with Crippen molar-refractivity contribution in [1.29, 1.82) is 0 Å². The second-order valence-electron chi connectivity index (χ2n) is 4.38. The van der Waals surface area contributed by atoms with E-state index >= 15 is 0 Å². The van der Waals surface area contributed by atoms with Crippen molar-refractivity contribution in [3.8, 4) is 11.7 Å². The van der Waals surface area contributed by atoms with Gasteiger partial charge >= 0.3 is 5.97 Å². The molecule has 118 valence electrons. The van der Waals surface area contributed by atoms with Crippen molar-refractivity contribution in [2.75, 3.05) is 5.75 Å². The Balaban J connectivity index is 1.46. The molecule has 0 amide bonds. The van der Waals surface area contributed by atoms with Crippen LogP contribution in [-0.2, 0) is 16.1 Å². The predicted octanol–water partition coefficient (Wildman–Crippen LogP) is 3.93. The minimum Gasteiger partial charge on any atom is -0.459 e. The minimum absolute atomic E-state index is 0.0621. The molecule has 8 heteroatoms. The largest absolute Gasteiger partial charge is 0.459 e. The molecular weight excluding hydrogens is 384 g/mol. The first-order valence-electron chi connectivity index (χ1n) is 6.61. The molecule has 3 rings (SSSR count). The van der Waals surface area contributed by atoms with Gasteiger partial charge in [-0.1, -0.05) is 15.9 Å². The summed E-state index contributed by atoms with van der Waals surface area (Å²) >= 11 is 4.76. The SMILES string of the molecule is O=C(CSc1ccc(Br)cc1)OCc1nnc(-c2ccco2)o1. The van der Waals surface area contributed by atoms with Crippen LogP contribution in [-0.4, -0.2) is 21.9 Å². The Hall–Kier alpha value is -2.06. The van der Waals surface area contributed by atoms with Gasteiger partial charge in [-0.25, -0.2) is 0 Å². The van der Waals surface area contributed by atoms with Crippen molar-refractivity contribution in [2.45, 2.75) is 11.5 Å². The molecule has 1 aromatic carbocycles. The molecule has 0 saturated carbocycles. The van der Waals surface area contributed by atoms with Gasteiger partial charge in [-0.05, 0) is 36.4 Å². The van der Waals surface area contributed by atoms with E-state index in [0.717, 1.165) is 9.37 Å². The molecule has 0 spiro atoms. The number of esters is 1. The van der Waals surface area contributed by atoms with E-state index < -0.39 is 0 Å². The van der Waals surface area contributed by atoms with Gasteiger partial charge in [0.1, 0.15) is 0 Å². The van der Waals surface area contributed by atoms with Crippen molar-refractivity contribution in [3.63, 3.8) is 0 Å². The lowest BCUT2D eigenvalue weighted by Gasteiger charge is -2.02. The molecule has 2 aromatic heterocycles. The third kappa shape index (κ3) is 4.46. The molecule has 6 nitrogen and oxygen atoms in total. The van der Waals surface area contributed by atoms with Gasteiger partial charge in [-0.15, -0.1) is 22.0 Å². The van der Waals surface area contributed by atoms with Crippen molar-refractivity contribution < 1.29 is 18.4 Å². The van der Waals surface area contributed by atoms with Crippen LogP contribution < -0.4 is 0 Å². The summed E-state index contributed by atoms with van der Waals surface area (Å²) in [4.78, 5) is 12.7. The number of aromatic nitrogens is 2. The van der Waals surface area contributed by atoms with Crippen LogP contribution in [0.4, 0.5) is 0 Å². The number of halogens is 1. The summed E-state index contributed by atoms with van der Waals surface area (Å²) < 4.78 is 16.6. The second kappa shape index (κ2) is 7.47. The Kier molecular flexibility index (Phi) is 5.14. The van der Waals surface area contributed by atoms with E-state index in [1.54, 1.807) is 12.1 Å². The van der Waals surface area contributed by atoms with E-state index in [9.17, 15) is 4.79 Å². The fourth-order valence-corrected chi connectivity index (χ4v) is 2.63. The maximum atomic E-state index is 11.7. The first kappa shape index (κ1) is 15.8. The Morgan fingerprint density at radius 2 is 2.04 bits per heavy atom. The van der Waals surface area contributed by atoms with Gasteiger partial charge in [0.05, 0.1) is 12.0 Å². The van der Waals surface area contributed by atoms with Crippen molar-refractivity contribution >= 4 is 33.7 Å². The maximum Gasteiger partial charge on any atom is 0.316 e. The lowest BCUT2D eigenvalue weighted by atomic mass is 10.4. The van der Waals surface area contributed by atoms with E-state index in [4.69, 9.17) is 13.6 Å². The monoisotopic (exact) mass is 394 g/mol. The summed E-state index contributed by atoms with van der Waals surface area (Å²) in [6.07, 6.45) is 1.51. The average Bonchev–Trinajstić information content (AvgIpc) is 3.23. The zero-order valence-electron chi connectivity index (χ0n) is 11.8. The van der Waals surface area contributed by atoms with Crippen molar-refractivity contribution in [2.24, 2.45) is 0 Å². The van der Waals surface area contributed by atoms with Gasteiger partial charge in [0.25, 0.3) is 11.8 Å².